The second-order valence-electron chi connectivity index (χ2n) is 2.22. The Hall–Kier alpha value is -0.780. The Bertz CT molecular complexity index is 337. The van der Waals surface area contributed by atoms with E-state index in [-0.39, 0.29) is 0 Å². The van der Waals surface area contributed by atoms with Crippen molar-refractivity contribution in [3.8, 4) is 11.8 Å². The number of carbonyl (C=O) groups excluding carboxylic acids is 1. The number of aromatic nitrogens is 1. The first-order valence-electron chi connectivity index (χ1n) is 3.21. The molecule has 8 heteroatoms. The quantitative estimate of drug-likeness (QED) is 0.745. The van der Waals surface area contributed by atoms with Gasteiger partial charge in [-0.15, -0.1) is 4.73 Å². The molecule has 1 rings (SSSR count). The van der Waals surface area contributed by atoms with Gasteiger partial charge in [-0.05, 0) is 0 Å². The molecule has 0 saturated heterocycles. The first-order valence-corrected chi connectivity index (χ1v) is 4.35. The number of hydrogen-bond donors (Lipinski definition) is 2. The molecule has 0 saturated carbocycles. The molecule has 2 N–H and O–H groups in total. The summed E-state index contributed by atoms with van der Waals surface area (Å²) in [5, 5.41) is 18.1. The van der Waals surface area contributed by atoms with E-state index < -0.39 is 21.5 Å². The van der Waals surface area contributed by atoms with Crippen LogP contribution in [0.15, 0.2) is 12.1 Å². The van der Waals surface area contributed by atoms with Gasteiger partial charge in [-0.25, -0.2) is 4.79 Å². The molecule has 1 aromatic rings. The van der Waals surface area contributed by atoms with Crippen molar-refractivity contribution >= 4 is 40.8 Å². The van der Waals surface area contributed by atoms with Crippen molar-refractivity contribution in [2.24, 2.45) is 0 Å². The summed E-state index contributed by atoms with van der Waals surface area (Å²) in [6, 6.07) is 2.20. The lowest BCUT2D eigenvalue weighted by Gasteiger charge is -2.11. The van der Waals surface area contributed by atoms with Crippen molar-refractivity contribution in [2.45, 2.75) is 3.79 Å². The van der Waals surface area contributed by atoms with Gasteiger partial charge in [0.25, 0.3) is 3.79 Å². The molecule has 0 amide bonds. The van der Waals surface area contributed by atoms with Crippen molar-refractivity contribution in [3.63, 3.8) is 0 Å². The summed E-state index contributed by atoms with van der Waals surface area (Å²) in [6.07, 6.45) is 0. The van der Waals surface area contributed by atoms with Gasteiger partial charge in [-0.2, -0.15) is 0 Å². The molecule has 1 heterocycles. The molecular weight excluding hydrogens is 256 g/mol. The maximum absolute atomic E-state index is 11.0. The molecule has 5 nitrogen and oxygen atoms in total. The van der Waals surface area contributed by atoms with Gasteiger partial charge in [0, 0.05) is 12.1 Å². The van der Waals surface area contributed by atoms with E-state index in [1.54, 1.807) is 0 Å². The molecule has 0 fully saturated rings. The number of rotatable bonds is 1. The molecule has 0 aromatic carbocycles. The molecule has 0 bridgehead atoms. The van der Waals surface area contributed by atoms with E-state index in [0.717, 1.165) is 12.1 Å². The van der Waals surface area contributed by atoms with Gasteiger partial charge in [0.2, 0.25) is 11.8 Å². The fourth-order valence-electron chi connectivity index (χ4n) is 0.630. The number of hydrogen-bond acceptors (Lipinski definition) is 4. The minimum absolute atomic E-state index is 0.421. The van der Waals surface area contributed by atoms with Crippen LogP contribution < -0.4 is 4.84 Å². The SMILES string of the molecule is O=C(On1c(O)ccc1O)C(Cl)(Cl)Cl. The van der Waals surface area contributed by atoms with Crippen molar-refractivity contribution in [3.05, 3.63) is 12.1 Å². The number of alkyl halides is 3. The number of aromatic hydroxyl groups is 2. The van der Waals surface area contributed by atoms with Crippen LogP contribution in [0.5, 0.6) is 11.8 Å². The van der Waals surface area contributed by atoms with Gasteiger partial charge in [0.15, 0.2) is 0 Å². The second-order valence-corrected chi connectivity index (χ2v) is 4.50. The van der Waals surface area contributed by atoms with E-state index in [1.165, 1.54) is 0 Å². The minimum atomic E-state index is -2.27. The Labute approximate surface area is 93.3 Å². The van der Waals surface area contributed by atoms with Crippen LogP contribution >= 0.6 is 34.8 Å². The normalized spacial score (nSPS) is 11.4. The van der Waals surface area contributed by atoms with Crippen LogP contribution in [0, 0.1) is 0 Å². The average Bonchev–Trinajstić information content (AvgIpc) is 2.34. The summed E-state index contributed by atoms with van der Waals surface area (Å²) in [4.78, 5) is 15.3. The predicted octanol–water partition coefficient (Wildman–Crippen LogP) is 1.22. The fourth-order valence-corrected chi connectivity index (χ4v) is 0.734. The first kappa shape index (κ1) is 11.3. The molecule has 0 spiro atoms. The van der Waals surface area contributed by atoms with Crippen LogP contribution in [0.2, 0.25) is 0 Å². The highest BCUT2D eigenvalue weighted by molar-refractivity contribution is 6.75. The molecule has 0 aliphatic heterocycles. The lowest BCUT2D eigenvalue weighted by atomic mass is 10.6. The Balaban J connectivity index is 2.85. The zero-order chi connectivity index (χ0) is 10.9. The van der Waals surface area contributed by atoms with Crippen LogP contribution in [0.25, 0.3) is 0 Å². The highest BCUT2D eigenvalue weighted by atomic mass is 35.6. The van der Waals surface area contributed by atoms with Crippen LogP contribution in [-0.4, -0.2) is 24.7 Å². The van der Waals surface area contributed by atoms with Gasteiger partial charge in [-0.1, -0.05) is 34.8 Å². The summed E-state index contributed by atoms with van der Waals surface area (Å²) in [5.74, 6) is -2.24. The Morgan fingerprint density at radius 2 is 1.71 bits per heavy atom. The Kier molecular flexibility index (Phi) is 3.04. The third kappa shape index (κ3) is 2.37. The molecule has 0 atom stereocenters. The molecule has 0 unspecified atom stereocenters. The van der Waals surface area contributed by atoms with E-state index >= 15 is 0 Å². The van der Waals surface area contributed by atoms with Gasteiger partial charge in [0.05, 0.1) is 0 Å². The van der Waals surface area contributed by atoms with Crippen LogP contribution in [0.4, 0.5) is 0 Å². The highest BCUT2D eigenvalue weighted by Gasteiger charge is 2.34. The zero-order valence-electron chi connectivity index (χ0n) is 6.45. The number of nitrogens with zero attached hydrogens (tertiary/aromatic N) is 1. The molecular formula is C6H4Cl3NO4. The summed E-state index contributed by atoms with van der Waals surface area (Å²) < 4.78 is -1.85. The third-order valence-corrected chi connectivity index (χ3v) is 1.67. The molecule has 0 radical (unpaired) electrons. The molecule has 0 aliphatic rings. The third-order valence-electron chi connectivity index (χ3n) is 1.20. The van der Waals surface area contributed by atoms with Crippen LogP contribution in [0.3, 0.4) is 0 Å². The highest BCUT2D eigenvalue weighted by Crippen LogP contribution is 2.28. The summed E-state index contributed by atoms with van der Waals surface area (Å²) in [7, 11) is 0. The lowest BCUT2D eigenvalue weighted by Crippen LogP contribution is -2.30. The lowest BCUT2D eigenvalue weighted by molar-refractivity contribution is -0.144. The summed E-state index contributed by atoms with van der Waals surface area (Å²) in [6.45, 7) is 0. The average molecular weight is 260 g/mol. The first-order chi connectivity index (χ1) is 6.32. The van der Waals surface area contributed by atoms with E-state index in [0.29, 0.717) is 4.73 Å². The number of carbonyl (C=O) groups is 1. The van der Waals surface area contributed by atoms with E-state index in [1.807, 2.05) is 0 Å². The predicted molar refractivity (Wildman–Crippen MR) is 49.6 cm³/mol. The smallest absolute Gasteiger partial charge is 0.384 e. The van der Waals surface area contributed by atoms with E-state index in [4.69, 9.17) is 45.0 Å². The topological polar surface area (TPSA) is 71.7 Å². The summed E-state index contributed by atoms with van der Waals surface area (Å²) in [5.41, 5.74) is 0. The van der Waals surface area contributed by atoms with Crippen molar-refractivity contribution in [1.29, 1.82) is 0 Å². The van der Waals surface area contributed by atoms with Gasteiger partial charge in [-0.3, -0.25) is 0 Å². The van der Waals surface area contributed by atoms with Gasteiger partial charge >= 0.3 is 5.97 Å². The molecule has 0 aliphatic carbocycles. The monoisotopic (exact) mass is 259 g/mol. The van der Waals surface area contributed by atoms with Gasteiger partial charge < -0.3 is 15.1 Å². The van der Waals surface area contributed by atoms with E-state index in [9.17, 15) is 4.79 Å². The standard InChI is InChI=1S/C6H4Cl3NO4/c7-6(8,9)5(13)14-10-3(11)1-2-4(10)12/h1-2,11-12H. The van der Waals surface area contributed by atoms with E-state index in [2.05, 4.69) is 4.84 Å². The molecule has 14 heavy (non-hydrogen) atoms. The van der Waals surface area contributed by atoms with Crippen LogP contribution in [-0.2, 0) is 4.79 Å². The fraction of sp³-hybridized carbons (Fsp3) is 0.167. The summed E-state index contributed by atoms with van der Waals surface area (Å²) >= 11 is 15.6. The van der Waals surface area contributed by atoms with Gasteiger partial charge in [0.1, 0.15) is 0 Å². The van der Waals surface area contributed by atoms with Crippen molar-refractivity contribution in [1.82, 2.24) is 4.73 Å². The van der Waals surface area contributed by atoms with Crippen LogP contribution in [0.1, 0.15) is 0 Å². The Morgan fingerprint density at radius 1 is 1.29 bits per heavy atom. The minimum Gasteiger partial charge on any atom is -0.492 e. The molecule has 78 valence electrons. The maximum atomic E-state index is 11.0. The van der Waals surface area contributed by atoms with Crippen molar-refractivity contribution < 1.29 is 19.8 Å². The second kappa shape index (κ2) is 3.76. The zero-order valence-corrected chi connectivity index (χ0v) is 8.71. The largest absolute Gasteiger partial charge is 0.492 e. The van der Waals surface area contributed by atoms with Crippen molar-refractivity contribution in [2.75, 3.05) is 0 Å². The number of halogens is 3. The maximum Gasteiger partial charge on any atom is 0.384 e. The molecule has 1 aromatic heterocycles. The Morgan fingerprint density at radius 3 is 2.07 bits per heavy atom.